The van der Waals surface area contributed by atoms with Gasteiger partial charge in [-0.3, -0.25) is 14.9 Å². The minimum absolute atomic E-state index is 0.0656. The van der Waals surface area contributed by atoms with Gasteiger partial charge in [0.15, 0.2) is 12.0 Å². The zero-order chi connectivity index (χ0) is 13.9. The summed E-state index contributed by atoms with van der Waals surface area (Å²) in [4.78, 5) is 23.3. The van der Waals surface area contributed by atoms with Gasteiger partial charge in [-0.05, 0) is 0 Å². The summed E-state index contributed by atoms with van der Waals surface area (Å²) in [5.41, 5.74) is -2.00. The molecule has 0 N–H and O–H groups in total. The van der Waals surface area contributed by atoms with E-state index in [0.717, 1.165) is 7.11 Å². The van der Waals surface area contributed by atoms with Crippen LogP contribution in [-0.2, 0) is 0 Å². The monoisotopic (exact) mass is 266 g/mol. The molecule has 1 rings (SSSR count). The number of hydrogen-bond acceptors (Lipinski definition) is 6. The lowest BCUT2D eigenvalue weighted by Gasteiger charge is -2.10. The van der Waals surface area contributed by atoms with Crippen LogP contribution in [0.2, 0.25) is 0 Å². The number of nitrogens with zero attached hydrogens (tertiary/aromatic N) is 2. The van der Waals surface area contributed by atoms with E-state index in [1.54, 1.807) is 0 Å². The average molecular weight is 266 g/mol. The van der Waals surface area contributed by atoms with Gasteiger partial charge >= 0.3 is 12.0 Å². The fraction of sp³-hybridized carbons (Fsp3) is 0.250. The number of hydrogen-bond donors (Lipinski definition) is 0. The van der Waals surface area contributed by atoms with E-state index < -0.39 is 34.3 Å². The van der Waals surface area contributed by atoms with Crippen LogP contribution in [0.15, 0.2) is 6.07 Å². The third kappa shape index (κ3) is 3.06. The number of halogens is 3. The van der Waals surface area contributed by atoms with Gasteiger partial charge in [0.25, 0.3) is 0 Å². The molecule has 0 aliphatic rings. The van der Waals surface area contributed by atoms with Crippen molar-refractivity contribution in [1.82, 2.24) is 4.98 Å². The molecular formula is C8H5F3N2O5. The van der Waals surface area contributed by atoms with E-state index in [4.69, 9.17) is 0 Å². The lowest BCUT2D eigenvalue weighted by atomic mass is 10.3. The van der Waals surface area contributed by atoms with Gasteiger partial charge in [-0.25, -0.2) is 4.98 Å². The third-order valence-corrected chi connectivity index (χ3v) is 1.69. The van der Waals surface area contributed by atoms with Gasteiger partial charge in [0.2, 0.25) is 11.6 Å². The van der Waals surface area contributed by atoms with Crippen molar-refractivity contribution in [3.05, 3.63) is 21.9 Å². The molecule has 1 aromatic rings. The Morgan fingerprint density at radius 3 is 2.50 bits per heavy atom. The van der Waals surface area contributed by atoms with E-state index in [0.29, 0.717) is 6.07 Å². The first-order valence-corrected chi connectivity index (χ1v) is 4.23. The predicted octanol–water partition coefficient (Wildman–Crippen LogP) is 1.71. The highest BCUT2D eigenvalue weighted by molar-refractivity contribution is 5.81. The highest BCUT2D eigenvalue weighted by atomic mass is 19.4. The summed E-state index contributed by atoms with van der Waals surface area (Å²) >= 11 is 0. The summed E-state index contributed by atoms with van der Waals surface area (Å²) in [6.45, 7) is 0. The maximum atomic E-state index is 12.1. The van der Waals surface area contributed by atoms with Crippen molar-refractivity contribution in [3.8, 4) is 11.6 Å². The Balaban J connectivity index is 3.44. The SMILES string of the molecule is COc1cc(OC(F)(F)F)c([N+](=O)[O-])c(C=O)n1. The van der Waals surface area contributed by atoms with Crippen LogP contribution in [0.25, 0.3) is 0 Å². The summed E-state index contributed by atoms with van der Waals surface area (Å²) in [7, 11) is 1.07. The van der Waals surface area contributed by atoms with Crippen LogP contribution in [0.1, 0.15) is 10.5 Å². The molecule has 0 saturated carbocycles. The van der Waals surface area contributed by atoms with Gasteiger partial charge in [0.1, 0.15) is 0 Å². The number of rotatable bonds is 4. The molecule has 7 nitrogen and oxygen atoms in total. The molecule has 0 radical (unpaired) electrons. The number of aromatic nitrogens is 1. The standard InChI is InChI=1S/C8H5F3N2O5/c1-17-6-2-5(18-8(9,10)11)7(13(15)16)4(3-14)12-6/h2-3H,1H3. The van der Waals surface area contributed by atoms with E-state index in [1.165, 1.54) is 0 Å². The normalized spacial score (nSPS) is 10.9. The number of carbonyl (C=O) groups excluding carboxylic acids is 1. The first kappa shape index (κ1) is 13.7. The van der Waals surface area contributed by atoms with Crippen LogP contribution in [0.3, 0.4) is 0 Å². The Kier molecular flexibility index (Phi) is 3.69. The van der Waals surface area contributed by atoms with Crippen molar-refractivity contribution in [2.24, 2.45) is 0 Å². The topological polar surface area (TPSA) is 91.6 Å². The Bertz CT molecular complexity index is 488. The number of pyridine rings is 1. The minimum Gasteiger partial charge on any atom is -0.481 e. The predicted molar refractivity (Wildman–Crippen MR) is 49.5 cm³/mol. The second kappa shape index (κ2) is 4.85. The molecule has 1 aromatic heterocycles. The highest BCUT2D eigenvalue weighted by Gasteiger charge is 2.36. The van der Waals surface area contributed by atoms with Crippen molar-refractivity contribution in [2.75, 3.05) is 7.11 Å². The van der Waals surface area contributed by atoms with Crippen molar-refractivity contribution in [3.63, 3.8) is 0 Å². The highest BCUT2D eigenvalue weighted by Crippen LogP contribution is 2.35. The van der Waals surface area contributed by atoms with E-state index in [2.05, 4.69) is 14.5 Å². The maximum absolute atomic E-state index is 12.1. The number of ether oxygens (including phenoxy) is 2. The van der Waals surface area contributed by atoms with Crippen LogP contribution < -0.4 is 9.47 Å². The number of methoxy groups -OCH3 is 1. The number of alkyl halides is 3. The van der Waals surface area contributed by atoms with E-state index in [9.17, 15) is 28.1 Å². The van der Waals surface area contributed by atoms with Crippen molar-refractivity contribution in [2.45, 2.75) is 6.36 Å². The first-order valence-electron chi connectivity index (χ1n) is 4.23. The summed E-state index contributed by atoms with van der Waals surface area (Å²) in [5.74, 6) is -1.58. The quantitative estimate of drug-likeness (QED) is 0.468. The molecule has 1 heterocycles. The molecule has 98 valence electrons. The third-order valence-electron chi connectivity index (χ3n) is 1.69. The molecule has 0 aliphatic heterocycles. The van der Waals surface area contributed by atoms with E-state index >= 15 is 0 Å². The van der Waals surface area contributed by atoms with Gasteiger partial charge < -0.3 is 9.47 Å². The lowest BCUT2D eigenvalue weighted by molar-refractivity contribution is -0.389. The second-order valence-electron chi connectivity index (χ2n) is 2.82. The van der Waals surface area contributed by atoms with E-state index in [-0.39, 0.29) is 6.29 Å². The molecule has 0 unspecified atom stereocenters. The first-order chi connectivity index (χ1) is 8.28. The molecule has 0 aliphatic carbocycles. The van der Waals surface area contributed by atoms with Gasteiger partial charge in [-0.2, -0.15) is 0 Å². The average Bonchev–Trinajstić information content (AvgIpc) is 2.25. The molecule has 0 bridgehead atoms. The number of aldehydes is 1. The van der Waals surface area contributed by atoms with Crippen LogP contribution in [0.4, 0.5) is 18.9 Å². The summed E-state index contributed by atoms with van der Waals surface area (Å²) < 4.78 is 44.2. The number of carbonyl (C=O) groups is 1. The summed E-state index contributed by atoms with van der Waals surface area (Å²) in [6, 6.07) is 0.568. The summed E-state index contributed by atoms with van der Waals surface area (Å²) in [5, 5.41) is 10.6. The van der Waals surface area contributed by atoms with Crippen LogP contribution >= 0.6 is 0 Å². The zero-order valence-corrected chi connectivity index (χ0v) is 8.72. The molecule has 0 fully saturated rings. The fourth-order valence-electron chi connectivity index (χ4n) is 1.08. The Labute approximate surface area is 97.3 Å². The summed E-state index contributed by atoms with van der Waals surface area (Å²) in [6.07, 6.45) is -5.21. The number of nitro groups is 1. The molecular weight excluding hydrogens is 261 g/mol. The molecule has 0 atom stereocenters. The molecule has 0 amide bonds. The van der Waals surface area contributed by atoms with Crippen LogP contribution in [0.5, 0.6) is 11.6 Å². The Morgan fingerprint density at radius 1 is 1.50 bits per heavy atom. The molecule has 10 heteroatoms. The lowest BCUT2D eigenvalue weighted by Crippen LogP contribution is -2.18. The smallest absolute Gasteiger partial charge is 0.481 e. The molecule has 0 aromatic carbocycles. The van der Waals surface area contributed by atoms with Gasteiger partial charge in [-0.15, -0.1) is 13.2 Å². The van der Waals surface area contributed by atoms with Crippen LogP contribution in [0, 0.1) is 10.1 Å². The minimum atomic E-state index is -5.14. The van der Waals surface area contributed by atoms with Crippen LogP contribution in [-0.4, -0.2) is 29.7 Å². The zero-order valence-electron chi connectivity index (χ0n) is 8.72. The second-order valence-corrected chi connectivity index (χ2v) is 2.82. The largest absolute Gasteiger partial charge is 0.573 e. The molecule has 18 heavy (non-hydrogen) atoms. The maximum Gasteiger partial charge on any atom is 0.573 e. The molecule has 0 saturated heterocycles. The van der Waals surface area contributed by atoms with Gasteiger partial charge in [-0.1, -0.05) is 0 Å². The Hall–Kier alpha value is -2.39. The molecule has 0 spiro atoms. The Morgan fingerprint density at radius 2 is 2.11 bits per heavy atom. The van der Waals surface area contributed by atoms with Gasteiger partial charge in [0, 0.05) is 0 Å². The van der Waals surface area contributed by atoms with E-state index in [1.807, 2.05) is 0 Å². The fourth-order valence-corrected chi connectivity index (χ4v) is 1.08. The van der Waals surface area contributed by atoms with Crippen molar-refractivity contribution >= 4 is 12.0 Å². The van der Waals surface area contributed by atoms with Gasteiger partial charge in [0.05, 0.1) is 18.1 Å². The van der Waals surface area contributed by atoms with Crippen molar-refractivity contribution < 1.29 is 32.4 Å². The van der Waals surface area contributed by atoms with Crippen molar-refractivity contribution in [1.29, 1.82) is 0 Å².